The van der Waals surface area contributed by atoms with Crippen LogP contribution in [0.1, 0.15) is 12.5 Å². The van der Waals surface area contributed by atoms with E-state index in [0.29, 0.717) is 24.7 Å². The summed E-state index contributed by atoms with van der Waals surface area (Å²) in [4.78, 5) is 15.6. The van der Waals surface area contributed by atoms with E-state index in [1.165, 1.54) is 0 Å². The number of aromatic nitrogens is 1. The van der Waals surface area contributed by atoms with Crippen LogP contribution in [0, 0.1) is 0 Å². The molecule has 1 aromatic carbocycles. The van der Waals surface area contributed by atoms with E-state index in [0.717, 1.165) is 17.1 Å². The van der Waals surface area contributed by atoms with E-state index in [2.05, 4.69) is 15.6 Å². The van der Waals surface area contributed by atoms with Crippen LogP contribution in [0.4, 0.5) is 16.3 Å². The minimum atomic E-state index is -0.497. The molecule has 7 heteroatoms. The Morgan fingerprint density at radius 1 is 1.17 bits per heavy atom. The van der Waals surface area contributed by atoms with Gasteiger partial charge >= 0.3 is 6.09 Å². The maximum atomic E-state index is 11.3. The predicted octanol–water partition coefficient (Wildman–Crippen LogP) is 3.28. The zero-order valence-electron chi connectivity index (χ0n) is 14.0. The number of methoxy groups -OCH3 is 2. The average molecular weight is 331 g/mol. The van der Waals surface area contributed by atoms with Crippen LogP contribution in [0.25, 0.3) is 0 Å². The number of carbonyl (C=O) groups is 1. The van der Waals surface area contributed by atoms with Crippen molar-refractivity contribution < 1.29 is 19.0 Å². The van der Waals surface area contributed by atoms with Gasteiger partial charge in [-0.05, 0) is 31.2 Å². The summed E-state index contributed by atoms with van der Waals surface area (Å²) in [5, 5.41) is 5.79. The van der Waals surface area contributed by atoms with E-state index < -0.39 is 6.09 Å². The number of ether oxygens (including phenoxy) is 3. The third-order valence-corrected chi connectivity index (χ3v) is 3.24. The second-order valence-electron chi connectivity index (χ2n) is 4.81. The van der Waals surface area contributed by atoms with Crippen LogP contribution in [-0.2, 0) is 11.3 Å². The van der Waals surface area contributed by atoms with E-state index in [1.54, 1.807) is 39.5 Å². The molecule has 128 valence electrons. The Labute approximate surface area is 140 Å². The molecule has 0 spiro atoms. The molecule has 1 aromatic heterocycles. The summed E-state index contributed by atoms with van der Waals surface area (Å²) in [6, 6.07) is 9.16. The molecule has 0 aliphatic carbocycles. The number of nitrogens with zero attached hydrogens (tertiary/aromatic N) is 1. The number of rotatable bonds is 7. The van der Waals surface area contributed by atoms with E-state index in [9.17, 15) is 4.79 Å². The van der Waals surface area contributed by atoms with Crippen molar-refractivity contribution in [3.05, 3.63) is 42.1 Å². The van der Waals surface area contributed by atoms with Crippen molar-refractivity contribution in [1.82, 2.24) is 4.98 Å². The van der Waals surface area contributed by atoms with Crippen molar-refractivity contribution in [3.63, 3.8) is 0 Å². The molecule has 2 N–H and O–H groups in total. The third kappa shape index (κ3) is 4.77. The van der Waals surface area contributed by atoms with Gasteiger partial charge in [-0.15, -0.1) is 0 Å². The van der Waals surface area contributed by atoms with Crippen molar-refractivity contribution in [3.8, 4) is 11.5 Å². The zero-order valence-corrected chi connectivity index (χ0v) is 14.0. The van der Waals surface area contributed by atoms with Crippen LogP contribution < -0.4 is 20.1 Å². The number of anilines is 2. The molecule has 0 unspecified atom stereocenters. The summed E-state index contributed by atoms with van der Waals surface area (Å²) in [6.07, 6.45) is 1.06. The zero-order chi connectivity index (χ0) is 17.4. The van der Waals surface area contributed by atoms with Gasteiger partial charge in [0.25, 0.3) is 0 Å². The molecular formula is C17H21N3O4. The molecular weight excluding hydrogens is 310 g/mol. The van der Waals surface area contributed by atoms with Crippen LogP contribution in [0.5, 0.6) is 11.5 Å². The first kappa shape index (κ1) is 17.4. The van der Waals surface area contributed by atoms with Crippen molar-refractivity contribution >= 4 is 17.6 Å². The Morgan fingerprint density at radius 2 is 2.00 bits per heavy atom. The lowest BCUT2D eigenvalue weighted by molar-refractivity contribution is 0.168. The fourth-order valence-electron chi connectivity index (χ4n) is 2.04. The fraction of sp³-hybridized carbons (Fsp3) is 0.294. The minimum absolute atomic E-state index is 0.322. The molecule has 0 bridgehead atoms. The number of hydrogen-bond acceptors (Lipinski definition) is 6. The Morgan fingerprint density at radius 3 is 2.62 bits per heavy atom. The maximum Gasteiger partial charge on any atom is 0.411 e. The van der Waals surface area contributed by atoms with E-state index in [1.807, 2.05) is 18.2 Å². The normalized spacial score (nSPS) is 9.96. The first-order valence-electron chi connectivity index (χ1n) is 7.51. The van der Waals surface area contributed by atoms with Crippen molar-refractivity contribution in [2.24, 2.45) is 0 Å². The van der Waals surface area contributed by atoms with Gasteiger partial charge in [-0.25, -0.2) is 9.78 Å². The Bertz CT molecular complexity index is 674. The van der Waals surface area contributed by atoms with Gasteiger partial charge < -0.3 is 19.5 Å². The van der Waals surface area contributed by atoms with Crippen LogP contribution in [-0.4, -0.2) is 31.9 Å². The lowest BCUT2D eigenvalue weighted by atomic mass is 10.2. The molecule has 24 heavy (non-hydrogen) atoms. The Balaban J connectivity index is 1.96. The molecule has 0 saturated heterocycles. The largest absolute Gasteiger partial charge is 0.497 e. The van der Waals surface area contributed by atoms with E-state index >= 15 is 0 Å². The highest BCUT2D eigenvalue weighted by Gasteiger charge is 2.06. The molecule has 1 amide bonds. The lowest BCUT2D eigenvalue weighted by Crippen LogP contribution is -2.13. The highest BCUT2D eigenvalue weighted by Crippen LogP contribution is 2.25. The average Bonchev–Trinajstić information content (AvgIpc) is 2.61. The second-order valence-corrected chi connectivity index (χ2v) is 4.81. The highest BCUT2D eigenvalue weighted by molar-refractivity contribution is 5.84. The van der Waals surface area contributed by atoms with Crippen molar-refractivity contribution in [1.29, 1.82) is 0 Å². The maximum absolute atomic E-state index is 11.3. The third-order valence-electron chi connectivity index (χ3n) is 3.24. The van der Waals surface area contributed by atoms with Gasteiger partial charge in [-0.3, -0.25) is 5.32 Å². The molecule has 0 atom stereocenters. The van der Waals surface area contributed by atoms with Crippen LogP contribution >= 0.6 is 0 Å². The summed E-state index contributed by atoms with van der Waals surface area (Å²) in [5.41, 5.74) is 1.55. The summed E-state index contributed by atoms with van der Waals surface area (Å²) in [6.45, 7) is 2.62. The van der Waals surface area contributed by atoms with Crippen molar-refractivity contribution in [2.75, 3.05) is 31.5 Å². The number of benzene rings is 1. The standard InChI is InChI=1S/C17H21N3O4/c1-4-24-17(21)20-13-6-8-16(19-11-13)18-10-12-5-7-14(22-2)9-15(12)23-3/h5-9,11H,4,10H2,1-3H3,(H,18,19)(H,20,21). The number of nitrogens with one attached hydrogen (secondary N) is 2. The van der Waals surface area contributed by atoms with Gasteiger partial charge in [-0.2, -0.15) is 0 Å². The quantitative estimate of drug-likeness (QED) is 0.810. The first-order valence-corrected chi connectivity index (χ1v) is 7.51. The van der Waals surface area contributed by atoms with Crippen LogP contribution in [0.3, 0.4) is 0 Å². The predicted molar refractivity (Wildman–Crippen MR) is 91.8 cm³/mol. The van der Waals surface area contributed by atoms with Crippen molar-refractivity contribution in [2.45, 2.75) is 13.5 Å². The van der Waals surface area contributed by atoms with Gasteiger partial charge in [-0.1, -0.05) is 0 Å². The summed E-state index contributed by atoms with van der Waals surface area (Å²) < 4.78 is 15.3. The number of amides is 1. The Hall–Kier alpha value is -2.96. The molecule has 2 aromatic rings. The molecule has 7 nitrogen and oxygen atoms in total. The van der Waals surface area contributed by atoms with Gasteiger partial charge in [0, 0.05) is 18.2 Å². The minimum Gasteiger partial charge on any atom is -0.497 e. The van der Waals surface area contributed by atoms with Crippen LogP contribution in [0.2, 0.25) is 0 Å². The molecule has 0 radical (unpaired) electrons. The van der Waals surface area contributed by atoms with Gasteiger partial charge in [0.15, 0.2) is 0 Å². The SMILES string of the molecule is CCOC(=O)Nc1ccc(NCc2ccc(OC)cc2OC)nc1. The van der Waals surface area contributed by atoms with Gasteiger partial charge in [0.05, 0.1) is 32.7 Å². The smallest absolute Gasteiger partial charge is 0.411 e. The number of carbonyl (C=O) groups excluding carboxylic acids is 1. The molecule has 2 rings (SSSR count). The van der Waals surface area contributed by atoms with Gasteiger partial charge in [0.2, 0.25) is 0 Å². The number of hydrogen-bond donors (Lipinski definition) is 2. The highest BCUT2D eigenvalue weighted by atomic mass is 16.5. The Kier molecular flexibility index (Phi) is 6.24. The molecule has 0 aliphatic rings. The first-order chi connectivity index (χ1) is 11.7. The second kappa shape index (κ2) is 8.61. The van der Waals surface area contributed by atoms with E-state index in [4.69, 9.17) is 14.2 Å². The summed E-state index contributed by atoms with van der Waals surface area (Å²) in [7, 11) is 3.23. The number of pyridine rings is 1. The molecule has 0 aliphatic heterocycles. The summed E-state index contributed by atoms with van der Waals surface area (Å²) in [5.74, 6) is 2.16. The fourth-order valence-corrected chi connectivity index (χ4v) is 2.04. The van der Waals surface area contributed by atoms with Gasteiger partial charge in [0.1, 0.15) is 17.3 Å². The van der Waals surface area contributed by atoms with Crippen LogP contribution in [0.15, 0.2) is 36.5 Å². The molecule has 0 fully saturated rings. The van der Waals surface area contributed by atoms with E-state index in [-0.39, 0.29) is 0 Å². The molecule has 0 saturated carbocycles. The molecule has 1 heterocycles. The topological polar surface area (TPSA) is 81.7 Å². The lowest BCUT2D eigenvalue weighted by Gasteiger charge is -2.12. The summed E-state index contributed by atoms with van der Waals surface area (Å²) >= 11 is 0. The monoisotopic (exact) mass is 331 g/mol.